The van der Waals surface area contributed by atoms with E-state index >= 15 is 0 Å². The van der Waals surface area contributed by atoms with Gasteiger partial charge in [-0.3, -0.25) is 0 Å². The van der Waals surface area contributed by atoms with Gasteiger partial charge in [-0.05, 0) is 83.7 Å². The standard InChI is InChI=1S/C33H30/c1-21-14-15-27-25(18-21)23-10-4-6-12-26(23)32(27,3)29-19-22(2)20-30-31(29)24-11-5-7-13-28(24)33(30)16-8-9-17-33/h4-7,10-15,18-20H,8-9,16-17H2,1-3H3. The number of fused-ring (bicyclic) bond motifs is 8. The Morgan fingerprint density at radius 2 is 1.18 bits per heavy atom. The first-order chi connectivity index (χ1) is 16.0. The van der Waals surface area contributed by atoms with Gasteiger partial charge < -0.3 is 0 Å². The molecule has 1 unspecified atom stereocenters. The van der Waals surface area contributed by atoms with E-state index in [9.17, 15) is 0 Å². The highest BCUT2D eigenvalue weighted by atomic mass is 14.5. The molecule has 1 atom stereocenters. The molecule has 4 aromatic carbocycles. The zero-order valence-corrected chi connectivity index (χ0v) is 19.8. The molecule has 162 valence electrons. The van der Waals surface area contributed by atoms with Crippen molar-refractivity contribution >= 4 is 0 Å². The molecule has 0 heterocycles. The Hall–Kier alpha value is -3.12. The summed E-state index contributed by atoms with van der Waals surface area (Å²) in [7, 11) is 0. The third-order valence-electron chi connectivity index (χ3n) is 8.98. The van der Waals surface area contributed by atoms with E-state index in [4.69, 9.17) is 0 Å². The summed E-state index contributed by atoms with van der Waals surface area (Å²) in [4.78, 5) is 0. The summed E-state index contributed by atoms with van der Waals surface area (Å²) >= 11 is 0. The Morgan fingerprint density at radius 3 is 1.97 bits per heavy atom. The van der Waals surface area contributed by atoms with Crippen LogP contribution in [0.25, 0.3) is 22.3 Å². The first-order valence-corrected chi connectivity index (χ1v) is 12.5. The Balaban J connectivity index is 1.61. The van der Waals surface area contributed by atoms with Crippen LogP contribution in [0.4, 0.5) is 0 Å². The highest BCUT2D eigenvalue weighted by molar-refractivity contribution is 5.90. The Kier molecular flexibility index (Phi) is 3.80. The van der Waals surface area contributed by atoms with Crippen molar-refractivity contribution in [2.45, 2.75) is 57.3 Å². The Labute approximate surface area is 197 Å². The Bertz CT molecular complexity index is 1450. The SMILES string of the molecule is Cc1ccc2c(c1)-c1ccccc1C2(C)c1cc(C)cc2c1-c1ccccc1C21CCCC1. The fourth-order valence-electron chi connectivity index (χ4n) is 7.54. The zero-order chi connectivity index (χ0) is 22.4. The van der Waals surface area contributed by atoms with Crippen LogP contribution in [0.1, 0.15) is 71.6 Å². The molecule has 1 spiro atoms. The van der Waals surface area contributed by atoms with Crippen LogP contribution in [0.3, 0.4) is 0 Å². The lowest BCUT2D eigenvalue weighted by molar-refractivity contribution is 0.548. The van der Waals surface area contributed by atoms with E-state index in [0.717, 1.165) is 0 Å². The summed E-state index contributed by atoms with van der Waals surface area (Å²) in [6, 6.07) is 30.5. The monoisotopic (exact) mass is 426 g/mol. The molecule has 0 saturated heterocycles. The highest BCUT2D eigenvalue weighted by Crippen LogP contribution is 2.62. The minimum atomic E-state index is -0.160. The van der Waals surface area contributed by atoms with E-state index in [-0.39, 0.29) is 10.8 Å². The second-order valence-corrected chi connectivity index (χ2v) is 10.8. The topological polar surface area (TPSA) is 0 Å². The molecule has 33 heavy (non-hydrogen) atoms. The third kappa shape index (κ3) is 2.32. The number of aryl methyl sites for hydroxylation is 2. The van der Waals surface area contributed by atoms with Crippen molar-refractivity contribution in [3.63, 3.8) is 0 Å². The van der Waals surface area contributed by atoms with Crippen molar-refractivity contribution in [1.29, 1.82) is 0 Å². The summed E-state index contributed by atoms with van der Waals surface area (Å²) in [6.45, 7) is 6.99. The van der Waals surface area contributed by atoms with Crippen LogP contribution >= 0.6 is 0 Å². The van der Waals surface area contributed by atoms with Crippen LogP contribution in [0.15, 0.2) is 78.9 Å². The predicted molar refractivity (Wildman–Crippen MR) is 138 cm³/mol. The maximum atomic E-state index is 2.52. The molecule has 1 saturated carbocycles. The molecule has 0 nitrogen and oxygen atoms in total. The van der Waals surface area contributed by atoms with Crippen LogP contribution in [0, 0.1) is 13.8 Å². The molecular weight excluding hydrogens is 396 g/mol. The molecule has 0 aromatic heterocycles. The van der Waals surface area contributed by atoms with E-state index in [1.54, 1.807) is 11.1 Å². The van der Waals surface area contributed by atoms with E-state index in [1.807, 2.05) is 0 Å². The fraction of sp³-hybridized carbons (Fsp3) is 0.273. The first-order valence-electron chi connectivity index (χ1n) is 12.5. The van der Waals surface area contributed by atoms with Crippen molar-refractivity contribution in [1.82, 2.24) is 0 Å². The lowest BCUT2D eigenvalue weighted by Crippen LogP contribution is -2.25. The smallest absolute Gasteiger partial charge is 0.0441 e. The molecule has 0 aliphatic heterocycles. The molecule has 0 amide bonds. The Morgan fingerprint density at radius 1 is 0.545 bits per heavy atom. The van der Waals surface area contributed by atoms with Crippen molar-refractivity contribution in [2.75, 3.05) is 0 Å². The maximum Gasteiger partial charge on any atom is 0.0441 e. The van der Waals surface area contributed by atoms with Crippen molar-refractivity contribution in [2.24, 2.45) is 0 Å². The van der Waals surface area contributed by atoms with Gasteiger partial charge in [0.05, 0.1) is 0 Å². The highest BCUT2D eigenvalue weighted by Gasteiger charge is 2.49. The largest absolute Gasteiger partial charge is 0.0619 e. The zero-order valence-electron chi connectivity index (χ0n) is 19.8. The second kappa shape index (κ2) is 6.48. The molecule has 0 N–H and O–H groups in total. The summed E-state index contributed by atoms with van der Waals surface area (Å²) in [5.74, 6) is 0. The minimum Gasteiger partial charge on any atom is -0.0619 e. The minimum absolute atomic E-state index is 0.160. The van der Waals surface area contributed by atoms with Crippen LogP contribution in [0.5, 0.6) is 0 Å². The average molecular weight is 427 g/mol. The summed E-state index contributed by atoms with van der Waals surface area (Å²) in [5, 5.41) is 0. The van der Waals surface area contributed by atoms with Gasteiger partial charge in [-0.15, -0.1) is 0 Å². The number of benzene rings is 4. The normalized spacial score (nSPS) is 21.1. The summed E-state index contributed by atoms with van der Waals surface area (Å²) in [6.07, 6.45) is 5.23. The molecular formula is C33H30. The van der Waals surface area contributed by atoms with Crippen LogP contribution < -0.4 is 0 Å². The van der Waals surface area contributed by atoms with Gasteiger partial charge in [0.2, 0.25) is 0 Å². The third-order valence-corrected chi connectivity index (χ3v) is 8.98. The maximum absolute atomic E-state index is 2.52. The van der Waals surface area contributed by atoms with Gasteiger partial charge in [-0.2, -0.15) is 0 Å². The van der Waals surface area contributed by atoms with E-state index < -0.39 is 0 Å². The number of rotatable bonds is 1. The van der Waals surface area contributed by atoms with Crippen molar-refractivity contribution < 1.29 is 0 Å². The van der Waals surface area contributed by atoms with Gasteiger partial charge in [0.25, 0.3) is 0 Å². The molecule has 7 rings (SSSR count). The molecule has 0 radical (unpaired) electrons. The first kappa shape index (κ1) is 19.4. The van der Waals surface area contributed by atoms with Crippen LogP contribution in [0.2, 0.25) is 0 Å². The van der Waals surface area contributed by atoms with Gasteiger partial charge in [-0.1, -0.05) is 103 Å². The molecule has 1 fully saturated rings. The quantitative estimate of drug-likeness (QED) is 0.286. The lowest BCUT2D eigenvalue weighted by atomic mass is 9.70. The van der Waals surface area contributed by atoms with Gasteiger partial charge in [0.1, 0.15) is 0 Å². The summed E-state index contributed by atoms with van der Waals surface area (Å²) < 4.78 is 0. The van der Waals surface area contributed by atoms with Gasteiger partial charge in [0.15, 0.2) is 0 Å². The molecule has 0 heteroatoms. The molecule has 3 aliphatic rings. The number of hydrogen-bond acceptors (Lipinski definition) is 0. The molecule has 3 aliphatic carbocycles. The van der Waals surface area contributed by atoms with Gasteiger partial charge in [-0.25, -0.2) is 0 Å². The van der Waals surface area contributed by atoms with Crippen LogP contribution in [-0.2, 0) is 10.8 Å². The van der Waals surface area contributed by atoms with E-state index in [0.29, 0.717) is 0 Å². The van der Waals surface area contributed by atoms with E-state index in [1.165, 1.54) is 75.8 Å². The van der Waals surface area contributed by atoms with Crippen LogP contribution in [-0.4, -0.2) is 0 Å². The van der Waals surface area contributed by atoms with Crippen molar-refractivity contribution in [3.05, 3.63) is 118 Å². The molecule has 0 bridgehead atoms. The van der Waals surface area contributed by atoms with Gasteiger partial charge in [0, 0.05) is 10.8 Å². The van der Waals surface area contributed by atoms with Crippen molar-refractivity contribution in [3.8, 4) is 22.3 Å². The molecule has 4 aromatic rings. The second-order valence-electron chi connectivity index (χ2n) is 10.8. The summed E-state index contributed by atoms with van der Waals surface area (Å²) in [5.41, 5.74) is 16.1. The average Bonchev–Trinajstić information content (AvgIpc) is 3.49. The van der Waals surface area contributed by atoms with Gasteiger partial charge >= 0.3 is 0 Å². The lowest BCUT2D eigenvalue weighted by Gasteiger charge is -2.32. The predicted octanol–water partition coefficient (Wildman–Crippen LogP) is 8.48. The fourth-order valence-corrected chi connectivity index (χ4v) is 7.54. The van der Waals surface area contributed by atoms with E-state index in [2.05, 4.69) is 99.6 Å². The number of hydrogen-bond donors (Lipinski definition) is 0.